The molecule has 1 amide bonds. The van der Waals surface area contributed by atoms with Crippen LogP contribution in [0.15, 0.2) is 42.9 Å². The minimum Gasteiger partial charge on any atom is -0.370 e. The highest BCUT2D eigenvalue weighted by Gasteiger charge is 2.33. The summed E-state index contributed by atoms with van der Waals surface area (Å²) in [4.78, 5) is 21.6. The van der Waals surface area contributed by atoms with E-state index in [0.717, 1.165) is 35.5 Å². The summed E-state index contributed by atoms with van der Waals surface area (Å²) in [5.41, 5.74) is 9.94. The van der Waals surface area contributed by atoms with E-state index >= 15 is 0 Å². The number of likely N-dealkylation sites (N-methyl/N-ethyl adjacent to an activating group) is 1. The van der Waals surface area contributed by atoms with Gasteiger partial charge in [0, 0.05) is 61.2 Å². The molecule has 1 aromatic carbocycles. The zero-order valence-corrected chi connectivity index (χ0v) is 23.0. The highest BCUT2D eigenvalue weighted by molar-refractivity contribution is 6.05. The number of aromatic nitrogens is 3. The molecule has 1 atom stereocenters. The Morgan fingerprint density at radius 3 is 2.58 bits per heavy atom. The number of pyridine rings is 1. The van der Waals surface area contributed by atoms with Crippen LogP contribution in [-0.2, 0) is 13.2 Å². The van der Waals surface area contributed by atoms with Gasteiger partial charge in [0.15, 0.2) is 0 Å². The molecule has 40 heavy (non-hydrogen) atoms. The van der Waals surface area contributed by atoms with Crippen molar-refractivity contribution in [2.45, 2.75) is 32.5 Å². The van der Waals surface area contributed by atoms with E-state index in [2.05, 4.69) is 31.3 Å². The average molecular weight is 556 g/mol. The van der Waals surface area contributed by atoms with Crippen molar-refractivity contribution >= 4 is 28.7 Å². The fraction of sp³-hybridized carbons (Fsp3) is 0.370. The van der Waals surface area contributed by atoms with Crippen LogP contribution in [0.4, 0.5) is 30.2 Å². The number of anilines is 3. The van der Waals surface area contributed by atoms with E-state index in [-0.39, 0.29) is 17.3 Å². The molecule has 0 unspecified atom stereocenters. The van der Waals surface area contributed by atoms with Gasteiger partial charge in [-0.05, 0) is 58.6 Å². The van der Waals surface area contributed by atoms with Crippen LogP contribution in [0.5, 0.6) is 0 Å². The Hall–Kier alpha value is -4.10. The summed E-state index contributed by atoms with van der Waals surface area (Å²) in [5.74, 6) is -0.564. The molecule has 0 bridgehead atoms. The summed E-state index contributed by atoms with van der Waals surface area (Å²) in [6, 6.07) is 5.57. The van der Waals surface area contributed by atoms with Crippen molar-refractivity contribution in [2.75, 3.05) is 42.4 Å². The minimum atomic E-state index is -4.56. The van der Waals surface area contributed by atoms with E-state index in [1.807, 2.05) is 39.2 Å². The molecule has 0 radical (unpaired) electrons. The van der Waals surface area contributed by atoms with Gasteiger partial charge in [-0.15, -0.1) is 5.53 Å². The van der Waals surface area contributed by atoms with Gasteiger partial charge in [-0.3, -0.25) is 19.5 Å². The number of aryl methyl sites for hydroxylation is 2. The fourth-order valence-corrected chi connectivity index (χ4v) is 4.86. The maximum absolute atomic E-state index is 13.8. The molecule has 4 heterocycles. The molecule has 5 rings (SSSR count). The number of hydrogen-bond acceptors (Lipinski definition) is 8. The molecule has 1 saturated heterocycles. The number of amides is 1. The molecule has 0 spiro atoms. The molecular formula is C27H32F3N9O. The second-order valence-electron chi connectivity index (χ2n) is 10.3. The van der Waals surface area contributed by atoms with Gasteiger partial charge in [0.25, 0.3) is 5.91 Å². The van der Waals surface area contributed by atoms with Gasteiger partial charge >= 0.3 is 6.18 Å². The van der Waals surface area contributed by atoms with Crippen molar-refractivity contribution in [3.63, 3.8) is 0 Å². The number of nitrogens with one attached hydrogen (secondary N) is 3. The highest BCUT2D eigenvalue weighted by atomic mass is 19.4. The van der Waals surface area contributed by atoms with Crippen LogP contribution in [0, 0.1) is 13.8 Å². The first-order valence-electron chi connectivity index (χ1n) is 12.8. The van der Waals surface area contributed by atoms with Crippen LogP contribution >= 0.6 is 0 Å². The number of rotatable bonds is 6. The van der Waals surface area contributed by atoms with Gasteiger partial charge in [0.05, 0.1) is 34.4 Å². The average Bonchev–Trinajstić information content (AvgIpc) is 3.65. The second-order valence-corrected chi connectivity index (χ2v) is 10.3. The van der Waals surface area contributed by atoms with Gasteiger partial charge in [-0.2, -0.15) is 18.3 Å². The lowest BCUT2D eigenvalue weighted by Gasteiger charge is -2.23. The van der Waals surface area contributed by atoms with Crippen LogP contribution in [0.2, 0.25) is 0 Å². The molecule has 2 aliphatic heterocycles. The third-order valence-corrected chi connectivity index (χ3v) is 7.44. The van der Waals surface area contributed by atoms with Crippen LogP contribution < -0.4 is 26.2 Å². The SMILES string of the molecule is Cc1ncc(C(=O)Nc2cc(N3CC[C@H](N(C)C)C3)cc(C(F)(F)F)c2)cc1N1C=C(c2cnn(C)c2C)NN1. The van der Waals surface area contributed by atoms with Crippen LogP contribution in [0.1, 0.15) is 39.3 Å². The number of carbonyl (C=O) groups excluding carboxylic acids is 1. The lowest BCUT2D eigenvalue weighted by atomic mass is 10.1. The highest BCUT2D eigenvalue weighted by Crippen LogP contribution is 2.36. The summed E-state index contributed by atoms with van der Waals surface area (Å²) >= 11 is 0. The quantitative estimate of drug-likeness (QED) is 0.425. The van der Waals surface area contributed by atoms with Gasteiger partial charge in [-0.25, -0.2) is 0 Å². The minimum absolute atomic E-state index is 0.0699. The van der Waals surface area contributed by atoms with Crippen molar-refractivity contribution in [2.24, 2.45) is 7.05 Å². The van der Waals surface area contributed by atoms with Crippen molar-refractivity contribution in [3.05, 3.63) is 70.9 Å². The predicted octanol–water partition coefficient (Wildman–Crippen LogP) is 3.67. The second kappa shape index (κ2) is 10.5. The summed E-state index contributed by atoms with van der Waals surface area (Å²) in [6.45, 7) is 5.00. The third kappa shape index (κ3) is 5.47. The molecule has 0 aliphatic carbocycles. The van der Waals surface area contributed by atoms with Crippen molar-refractivity contribution in [1.29, 1.82) is 0 Å². The number of hydrazine groups is 2. The number of halogens is 3. The maximum Gasteiger partial charge on any atom is 0.416 e. The van der Waals surface area contributed by atoms with Gasteiger partial charge in [0.2, 0.25) is 0 Å². The van der Waals surface area contributed by atoms with Crippen molar-refractivity contribution in [3.8, 4) is 0 Å². The smallest absolute Gasteiger partial charge is 0.370 e. The molecule has 3 aromatic rings. The van der Waals surface area contributed by atoms with Gasteiger partial charge < -0.3 is 20.5 Å². The van der Waals surface area contributed by atoms with Gasteiger partial charge in [0.1, 0.15) is 0 Å². The number of alkyl halides is 3. The molecule has 3 N–H and O–H groups in total. The summed E-state index contributed by atoms with van der Waals surface area (Å²) in [7, 11) is 5.77. The zero-order chi connectivity index (χ0) is 28.8. The number of nitrogens with zero attached hydrogens (tertiary/aromatic N) is 6. The fourth-order valence-electron chi connectivity index (χ4n) is 4.86. The Balaban J connectivity index is 1.39. The first kappa shape index (κ1) is 27.5. The molecule has 2 aromatic heterocycles. The van der Waals surface area contributed by atoms with E-state index in [4.69, 9.17) is 0 Å². The summed E-state index contributed by atoms with van der Waals surface area (Å²) < 4.78 is 43.1. The topological polar surface area (TPSA) is 93.6 Å². The Kier molecular flexibility index (Phi) is 7.19. The molecule has 0 saturated carbocycles. The number of hydrogen-bond donors (Lipinski definition) is 3. The Morgan fingerprint density at radius 2 is 1.93 bits per heavy atom. The largest absolute Gasteiger partial charge is 0.416 e. The van der Waals surface area contributed by atoms with Gasteiger partial charge in [-0.1, -0.05) is 0 Å². The maximum atomic E-state index is 13.8. The molecular weight excluding hydrogens is 523 g/mol. The first-order valence-corrected chi connectivity index (χ1v) is 12.8. The lowest BCUT2D eigenvalue weighted by molar-refractivity contribution is -0.137. The van der Waals surface area contributed by atoms with Crippen LogP contribution in [0.3, 0.4) is 0 Å². The number of benzene rings is 1. The van der Waals surface area contributed by atoms with Crippen molar-refractivity contribution in [1.82, 2.24) is 30.6 Å². The molecule has 212 valence electrons. The normalized spacial score (nSPS) is 17.4. The predicted molar refractivity (Wildman–Crippen MR) is 147 cm³/mol. The van der Waals surface area contributed by atoms with Crippen molar-refractivity contribution < 1.29 is 18.0 Å². The zero-order valence-electron chi connectivity index (χ0n) is 23.0. The first-order chi connectivity index (χ1) is 18.9. The lowest BCUT2D eigenvalue weighted by Crippen LogP contribution is -2.36. The van der Waals surface area contributed by atoms with E-state index in [1.165, 1.54) is 6.20 Å². The van der Waals surface area contributed by atoms with E-state index in [9.17, 15) is 18.0 Å². The number of carbonyl (C=O) groups is 1. The van der Waals surface area contributed by atoms with Crippen LogP contribution in [-0.4, -0.2) is 58.8 Å². The molecule has 1 fully saturated rings. The van der Waals surface area contributed by atoms with E-state index in [0.29, 0.717) is 30.2 Å². The van der Waals surface area contributed by atoms with E-state index in [1.54, 1.807) is 34.9 Å². The Bertz CT molecular complexity index is 1460. The Morgan fingerprint density at radius 1 is 1.15 bits per heavy atom. The summed E-state index contributed by atoms with van der Waals surface area (Å²) in [6.07, 6.45) is 1.27. The summed E-state index contributed by atoms with van der Waals surface area (Å²) in [5, 5.41) is 8.61. The molecule has 13 heteroatoms. The standard InChI is InChI=1S/C27H32F3N9O/c1-16-25(39-15-24(34-35-39)23-13-32-37(5)17(23)2)8-18(12-31-16)26(40)33-20-9-19(27(28,29)30)10-22(11-20)38-7-6-21(14-38)36(3)4/h8-13,15,21,34-35H,6-7,14H2,1-5H3,(H,33,40)/t21-/m0/s1. The molecule has 2 aliphatic rings. The Labute approximate surface area is 230 Å². The molecule has 10 nitrogen and oxygen atoms in total. The van der Waals surface area contributed by atoms with E-state index < -0.39 is 17.6 Å². The third-order valence-electron chi connectivity index (χ3n) is 7.44. The monoisotopic (exact) mass is 555 g/mol. The van der Waals surface area contributed by atoms with Crippen LogP contribution in [0.25, 0.3) is 5.70 Å².